The topological polar surface area (TPSA) is 34.9 Å². The van der Waals surface area contributed by atoms with Gasteiger partial charge < -0.3 is 4.57 Å². The number of aryl methyl sites for hydroxylation is 1. The Bertz CT molecular complexity index is 635. The minimum absolute atomic E-state index is 0.218. The third kappa shape index (κ3) is 2.29. The normalized spacial score (nSPS) is 15.4. The standard InChI is InChI=1S/C16H20N2O/c1-10(2)8-16(19)12-4-7-15-14(9-12)17-11(3)18(15)13-5-6-13/h4,7,9-10,13H,5-6,8H2,1-3H3. The summed E-state index contributed by atoms with van der Waals surface area (Å²) in [6.07, 6.45) is 3.11. The quantitative estimate of drug-likeness (QED) is 0.777. The van der Waals surface area contributed by atoms with E-state index < -0.39 is 0 Å². The van der Waals surface area contributed by atoms with E-state index in [0.29, 0.717) is 18.4 Å². The van der Waals surface area contributed by atoms with Crippen LogP contribution in [0.1, 0.15) is 55.3 Å². The summed E-state index contributed by atoms with van der Waals surface area (Å²) < 4.78 is 2.31. The van der Waals surface area contributed by atoms with Gasteiger partial charge in [-0.3, -0.25) is 4.79 Å². The first-order valence-corrected chi connectivity index (χ1v) is 7.08. The van der Waals surface area contributed by atoms with Crippen molar-refractivity contribution in [3.05, 3.63) is 29.6 Å². The number of ketones is 1. The largest absolute Gasteiger partial charge is 0.325 e. The minimum Gasteiger partial charge on any atom is -0.325 e. The van der Waals surface area contributed by atoms with Gasteiger partial charge in [0.2, 0.25) is 0 Å². The molecule has 0 amide bonds. The van der Waals surface area contributed by atoms with Crippen molar-refractivity contribution in [3.8, 4) is 0 Å². The number of imidazole rings is 1. The summed E-state index contributed by atoms with van der Waals surface area (Å²) in [5.41, 5.74) is 2.92. The molecule has 0 atom stereocenters. The number of Topliss-reactive ketones (excluding diaryl/α,β-unsaturated/α-hetero) is 1. The first-order valence-electron chi connectivity index (χ1n) is 7.08. The highest BCUT2D eigenvalue weighted by molar-refractivity contribution is 5.99. The molecule has 1 heterocycles. The number of nitrogens with zero attached hydrogens (tertiary/aromatic N) is 2. The zero-order valence-electron chi connectivity index (χ0n) is 11.8. The summed E-state index contributed by atoms with van der Waals surface area (Å²) in [5, 5.41) is 0. The number of hydrogen-bond donors (Lipinski definition) is 0. The van der Waals surface area contributed by atoms with Crippen LogP contribution in [-0.2, 0) is 0 Å². The van der Waals surface area contributed by atoms with Crippen LogP contribution in [0.25, 0.3) is 11.0 Å². The SMILES string of the molecule is Cc1nc2cc(C(=O)CC(C)C)ccc2n1C1CC1. The Morgan fingerprint density at radius 2 is 2.16 bits per heavy atom. The summed E-state index contributed by atoms with van der Waals surface area (Å²) in [5.74, 6) is 1.68. The predicted molar refractivity (Wildman–Crippen MR) is 76.5 cm³/mol. The van der Waals surface area contributed by atoms with E-state index in [1.54, 1.807) is 0 Å². The molecule has 1 aromatic heterocycles. The molecule has 0 aliphatic heterocycles. The van der Waals surface area contributed by atoms with Crippen molar-refractivity contribution >= 4 is 16.8 Å². The van der Waals surface area contributed by atoms with E-state index in [2.05, 4.69) is 29.5 Å². The van der Waals surface area contributed by atoms with Crippen LogP contribution in [0.5, 0.6) is 0 Å². The van der Waals surface area contributed by atoms with Gasteiger partial charge in [0.15, 0.2) is 5.78 Å². The molecule has 0 bridgehead atoms. The van der Waals surface area contributed by atoms with Crippen molar-refractivity contribution in [1.29, 1.82) is 0 Å². The van der Waals surface area contributed by atoms with Crippen LogP contribution in [0.2, 0.25) is 0 Å². The van der Waals surface area contributed by atoms with E-state index in [1.807, 2.05) is 19.1 Å². The van der Waals surface area contributed by atoms with Gasteiger partial charge in [-0.25, -0.2) is 4.98 Å². The Balaban J connectivity index is 2.00. The summed E-state index contributed by atoms with van der Waals surface area (Å²) >= 11 is 0. The first kappa shape index (κ1) is 12.4. The fourth-order valence-corrected chi connectivity index (χ4v) is 2.67. The van der Waals surface area contributed by atoms with Gasteiger partial charge in [-0.2, -0.15) is 0 Å². The van der Waals surface area contributed by atoms with Gasteiger partial charge in [-0.15, -0.1) is 0 Å². The highest BCUT2D eigenvalue weighted by atomic mass is 16.1. The van der Waals surface area contributed by atoms with Crippen LogP contribution < -0.4 is 0 Å². The lowest BCUT2D eigenvalue weighted by atomic mass is 10.0. The fraction of sp³-hybridized carbons (Fsp3) is 0.500. The lowest BCUT2D eigenvalue weighted by Gasteiger charge is -2.06. The number of aromatic nitrogens is 2. The molecule has 1 fully saturated rings. The summed E-state index contributed by atoms with van der Waals surface area (Å²) in [4.78, 5) is 16.7. The van der Waals surface area contributed by atoms with E-state index >= 15 is 0 Å². The highest BCUT2D eigenvalue weighted by Crippen LogP contribution is 2.38. The second kappa shape index (κ2) is 4.48. The van der Waals surface area contributed by atoms with Crippen LogP contribution >= 0.6 is 0 Å². The van der Waals surface area contributed by atoms with Crippen LogP contribution in [0.15, 0.2) is 18.2 Å². The van der Waals surface area contributed by atoms with Crippen molar-refractivity contribution < 1.29 is 4.79 Å². The second-order valence-electron chi connectivity index (χ2n) is 5.98. The Hall–Kier alpha value is -1.64. The zero-order valence-corrected chi connectivity index (χ0v) is 11.8. The minimum atomic E-state index is 0.218. The smallest absolute Gasteiger partial charge is 0.163 e. The van der Waals surface area contributed by atoms with Gasteiger partial charge in [-0.1, -0.05) is 13.8 Å². The number of hydrogen-bond acceptors (Lipinski definition) is 2. The van der Waals surface area contributed by atoms with Gasteiger partial charge in [0.05, 0.1) is 11.0 Å². The van der Waals surface area contributed by atoms with Crippen molar-refractivity contribution in [2.24, 2.45) is 5.92 Å². The summed E-state index contributed by atoms with van der Waals surface area (Å²) in [6, 6.07) is 6.59. The lowest BCUT2D eigenvalue weighted by molar-refractivity contribution is 0.0968. The summed E-state index contributed by atoms with van der Waals surface area (Å²) in [6.45, 7) is 6.19. The Kier molecular flexibility index (Phi) is 2.92. The summed E-state index contributed by atoms with van der Waals surface area (Å²) in [7, 11) is 0. The van der Waals surface area contributed by atoms with Gasteiger partial charge in [0, 0.05) is 18.0 Å². The monoisotopic (exact) mass is 256 g/mol. The maximum absolute atomic E-state index is 12.1. The molecule has 0 radical (unpaired) electrons. The van der Waals surface area contributed by atoms with Crippen molar-refractivity contribution in [2.75, 3.05) is 0 Å². The second-order valence-corrected chi connectivity index (χ2v) is 5.98. The van der Waals surface area contributed by atoms with Crippen molar-refractivity contribution in [3.63, 3.8) is 0 Å². The number of rotatable bonds is 4. The van der Waals surface area contributed by atoms with E-state index in [4.69, 9.17) is 0 Å². The average molecular weight is 256 g/mol. The highest BCUT2D eigenvalue weighted by Gasteiger charge is 2.27. The molecule has 0 unspecified atom stereocenters. The fourth-order valence-electron chi connectivity index (χ4n) is 2.67. The predicted octanol–water partition coefficient (Wildman–Crippen LogP) is 3.91. The molecule has 1 aromatic carbocycles. The maximum Gasteiger partial charge on any atom is 0.163 e. The Labute approximate surface area is 113 Å². The molecule has 2 aromatic rings. The van der Waals surface area contributed by atoms with E-state index in [0.717, 1.165) is 16.9 Å². The molecule has 100 valence electrons. The first-order chi connectivity index (χ1) is 9.06. The molecule has 3 rings (SSSR count). The Morgan fingerprint density at radius 1 is 1.42 bits per heavy atom. The molecule has 0 saturated heterocycles. The van der Waals surface area contributed by atoms with E-state index in [1.165, 1.54) is 18.4 Å². The zero-order chi connectivity index (χ0) is 13.6. The van der Waals surface area contributed by atoms with Crippen molar-refractivity contribution in [1.82, 2.24) is 9.55 Å². The maximum atomic E-state index is 12.1. The van der Waals surface area contributed by atoms with Gasteiger partial charge >= 0.3 is 0 Å². The van der Waals surface area contributed by atoms with Gasteiger partial charge in [0.25, 0.3) is 0 Å². The molecular formula is C16H20N2O. The molecule has 3 heteroatoms. The Morgan fingerprint density at radius 3 is 2.79 bits per heavy atom. The van der Waals surface area contributed by atoms with Crippen LogP contribution in [0.4, 0.5) is 0 Å². The molecule has 0 spiro atoms. The average Bonchev–Trinajstić information content (AvgIpc) is 3.10. The third-order valence-corrected chi connectivity index (χ3v) is 3.69. The molecule has 1 aliphatic carbocycles. The van der Waals surface area contributed by atoms with Crippen molar-refractivity contribution in [2.45, 2.75) is 46.1 Å². The number of carbonyl (C=O) groups is 1. The van der Waals surface area contributed by atoms with Gasteiger partial charge in [-0.05, 0) is 43.9 Å². The molecule has 1 saturated carbocycles. The molecular weight excluding hydrogens is 236 g/mol. The molecule has 19 heavy (non-hydrogen) atoms. The van der Waals surface area contributed by atoms with E-state index in [-0.39, 0.29) is 5.78 Å². The van der Waals surface area contributed by atoms with Gasteiger partial charge in [0.1, 0.15) is 5.82 Å². The molecule has 3 nitrogen and oxygen atoms in total. The number of carbonyl (C=O) groups excluding carboxylic acids is 1. The molecule has 0 N–H and O–H groups in total. The van der Waals surface area contributed by atoms with Crippen LogP contribution in [0.3, 0.4) is 0 Å². The number of fused-ring (bicyclic) bond motifs is 1. The van der Waals surface area contributed by atoms with Crippen LogP contribution in [-0.4, -0.2) is 15.3 Å². The van der Waals surface area contributed by atoms with Crippen LogP contribution in [0, 0.1) is 12.8 Å². The lowest BCUT2D eigenvalue weighted by Crippen LogP contribution is -2.03. The number of benzene rings is 1. The van der Waals surface area contributed by atoms with E-state index in [9.17, 15) is 4.79 Å². The third-order valence-electron chi connectivity index (χ3n) is 3.69. The molecule has 1 aliphatic rings.